The number of likely N-dealkylation sites (tertiary alicyclic amines) is 1. The van der Waals surface area contributed by atoms with Crippen molar-refractivity contribution in [1.82, 2.24) is 9.88 Å². The second kappa shape index (κ2) is 3.77. The van der Waals surface area contributed by atoms with Gasteiger partial charge in [-0.3, -0.25) is 0 Å². The number of fused-ring (bicyclic) bond motifs is 1. The smallest absolute Gasteiger partial charge is 0.407 e. The fraction of sp³-hybridized carbons (Fsp3) is 0.455. The van der Waals surface area contributed by atoms with Gasteiger partial charge in [0.1, 0.15) is 5.15 Å². The number of nitrogens with zero attached hydrogens (tertiary/aromatic N) is 3. The topological polar surface area (TPSA) is 56.7 Å². The molecule has 2 aliphatic rings. The van der Waals surface area contributed by atoms with E-state index in [9.17, 15) is 4.79 Å². The normalized spacial score (nSPS) is 26.6. The fourth-order valence-electron chi connectivity index (χ4n) is 2.63. The van der Waals surface area contributed by atoms with Crippen molar-refractivity contribution in [2.75, 3.05) is 24.5 Å². The van der Waals surface area contributed by atoms with Crippen LogP contribution >= 0.6 is 11.6 Å². The third kappa shape index (κ3) is 1.70. The summed E-state index contributed by atoms with van der Waals surface area (Å²) in [6, 6.07) is 3.98. The van der Waals surface area contributed by atoms with Gasteiger partial charge in [0.05, 0.1) is 17.9 Å². The molecule has 1 aromatic rings. The van der Waals surface area contributed by atoms with Crippen LogP contribution in [-0.2, 0) is 0 Å². The van der Waals surface area contributed by atoms with Gasteiger partial charge in [0.25, 0.3) is 0 Å². The van der Waals surface area contributed by atoms with Crippen molar-refractivity contribution in [2.45, 2.75) is 6.04 Å². The monoisotopic (exact) mass is 253 g/mol. The van der Waals surface area contributed by atoms with Gasteiger partial charge in [0, 0.05) is 25.6 Å². The van der Waals surface area contributed by atoms with Gasteiger partial charge in [-0.15, -0.1) is 0 Å². The fourth-order valence-corrected chi connectivity index (χ4v) is 2.74. The Bertz CT molecular complexity index is 451. The number of carboxylic acid groups (broad SMARTS) is 1. The highest BCUT2D eigenvalue weighted by Crippen LogP contribution is 2.36. The molecule has 1 N–H and O–H groups in total. The lowest BCUT2D eigenvalue weighted by atomic mass is 9.91. The summed E-state index contributed by atoms with van der Waals surface area (Å²) in [6.45, 7) is 2.14. The zero-order valence-corrected chi connectivity index (χ0v) is 9.84. The van der Waals surface area contributed by atoms with Gasteiger partial charge >= 0.3 is 6.09 Å². The Balaban J connectivity index is 1.73. The number of pyridine rings is 1. The van der Waals surface area contributed by atoms with Crippen LogP contribution in [0.2, 0.25) is 5.15 Å². The van der Waals surface area contributed by atoms with Gasteiger partial charge in [-0.05, 0) is 12.1 Å². The number of carbonyl (C=O) groups is 1. The number of amides is 1. The SMILES string of the molecule is O=C(O)N1C[C@@H]2CN(c3ccc(Cl)nc3)[C@@H]2C1. The van der Waals surface area contributed by atoms with E-state index in [4.69, 9.17) is 16.7 Å². The Morgan fingerprint density at radius 2 is 2.24 bits per heavy atom. The average molecular weight is 254 g/mol. The summed E-state index contributed by atoms with van der Waals surface area (Å²) in [5, 5.41) is 9.42. The summed E-state index contributed by atoms with van der Waals surface area (Å²) in [7, 11) is 0. The first-order valence-electron chi connectivity index (χ1n) is 5.51. The molecule has 2 atom stereocenters. The Hall–Kier alpha value is -1.49. The van der Waals surface area contributed by atoms with Crippen LogP contribution in [0.15, 0.2) is 18.3 Å². The van der Waals surface area contributed by atoms with Crippen LogP contribution < -0.4 is 4.90 Å². The van der Waals surface area contributed by atoms with Crippen molar-refractivity contribution < 1.29 is 9.90 Å². The third-order valence-electron chi connectivity index (χ3n) is 3.55. The van der Waals surface area contributed by atoms with Crippen molar-refractivity contribution in [3.63, 3.8) is 0 Å². The minimum Gasteiger partial charge on any atom is -0.465 e. The molecule has 1 amide bonds. The minimum absolute atomic E-state index is 0.300. The number of hydrogen-bond acceptors (Lipinski definition) is 3. The van der Waals surface area contributed by atoms with E-state index in [2.05, 4.69) is 9.88 Å². The van der Waals surface area contributed by atoms with Crippen LogP contribution in [-0.4, -0.2) is 46.8 Å². The quantitative estimate of drug-likeness (QED) is 0.772. The zero-order valence-electron chi connectivity index (χ0n) is 9.08. The van der Waals surface area contributed by atoms with E-state index in [1.54, 1.807) is 12.3 Å². The van der Waals surface area contributed by atoms with Gasteiger partial charge in [-0.1, -0.05) is 11.6 Å². The standard InChI is InChI=1S/C11H12ClN3O2/c12-10-2-1-8(3-13-10)15-5-7-4-14(11(16)17)6-9(7)15/h1-3,7,9H,4-6H2,(H,16,17)/t7-,9-/m1/s1. The summed E-state index contributed by atoms with van der Waals surface area (Å²) in [5.74, 6) is 0.460. The van der Waals surface area contributed by atoms with Gasteiger partial charge < -0.3 is 14.9 Å². The molecule has 0 aromatic carbocycles. The van der Waals surface area contributed by atoms with E-state index in [1.807, 2.05) is 6.07 Å². The second-order valence-corrected chi connectivity index (χ2v) is 4.89. The van der Waals surface area contributed by atoms with E-state index >= 15 is 0 Å². The minimum atomic E-state index is -0.825. The highest BCUT2D eigenvalue weighted by molar-refractivity contribution is 6.29. The van der Waals surface area contributed by atoms with Gasteiger partial charge in [0.15, 0.2) is 0 Å². The van der Waals surface area contributed by atoms with E-state index < -0.39 is 6.09 Å². The van der Waals surface area contributed by atoms with Crippen molar-refractivity contribution in [3.8, 4) is 0 Å². The Morgan fingerprint density at radius 1 is 1.41 bits per heavy atom. The third-order valence-corrected chi connectivity index (χ3v) is 3.78. The highest BCUT2D eigenvalue weighted by atomic mass is 35.5. The first kappa shape index (κ1) is 10.7. The van der Waals surface area contributed by atoms with Crippen LogP contribution in [0.25, 0.3) is 0 Å². The number of rotatable bonds is 1. The molecule has 2 aliphatic heterocycles. The predicted molar refractivity (Wildman–Crippen MR) is 63.5 cm³/mol. The van der Waals surface area contributed by atoms with Crippen LogP contribution in [0.3, 0.4) is 0 Å². The summed E-state index contributed by atoms with van der Waals surface area (Å²) >= 11 is 5.74. The van der Waals surface area contributed by atoms with Crippen molar-refractivity contribution in [3.05, 3.63) is 23.5 Å². The number of aromatic nitrogens is 1. The average Bonchev–Trinajstić information content (AvgIpc) is 2.60. The molecular weight excluding hydrogens is 242 g/mol. The molecule has 0 radical (unpaired) electrons. The van der Waals surface area contributed by atoms with Gasteiger partial charge in [0.2, 0.25) is 0 Å². The Morgan fingerprint density at radius 3 is 2.88 bits per heavy atom. The van der Waals surface area contributed by atoms with E-state index in [0.717, 1.165) is 12.2 Å². The lowest BCUT2D eigenvalue weighted by Crippen LogP contribution is -2.55. The van der Waals surface area contributed by atoms with Crippen LogP contribution in [0, 0.1) is 5.92 Å². The zero-order chi connectivity index (χ0) is 12.0. The van der Waals surface area contributed by atoms with Crippen LogP contribution in [0.4, 0.5) is 10.5 Å². The molecule has 0 saturated carbocycles. The molecule has 2 saturated heterocycles. The van der Waals surface area contributed by atoms with Crippen LogP contribution in [0.1, 0.15) is 0 Å². The number of anilines is 1. The number of halogens is 1. The lowest BCUT2D eigenvalue weighted by molar-refractivity contribution is 0.155. The summed E-state index contributed by atoms with van der Waals surface area (Å²) in [5.41, 5.74) is 1.02. The van der Waals surface area contributed by atoms with Gasteiger partial charge in [-0.25, -0.2) is 9.78 Å². The largest absolute Gasteiger partial charge is 0.465 e. The maximum absolute atomic E-state index is 10.9. The first-order chi connectivity index (χ1) is 8.15. The predicted octanol–water partition coefficient (Wildman–Crippen LogP) is 1.53. The van der Waals surface area contributed by atoms with Crippen LogP contribution in [0.5, 0.6) is 0 Å². The molecule has 2 fully saturated rings. The molecular formula is C11H12ClN3O2. The molecule has 5 nitrogen and oxygen atoms in total. The van der Waals surface area contributed by atoms with Crippen molar-refractivity contribution in [2.24, 2.45) is 5.92 Å². The Labute approximate surface area is 104 Å². The maximum Gasteiger partial charge on any atom is 0.407 e. The molecule has 90 valence electrons. The van der Waals surface area contributed by atoms with E-state index in [0.29, 0.717) is 30.2 Å². The summed E-state index contributed by atoms with van der Waals surface area (Å²) < 4.78 is 0. The number of hydrogen-bond donors (Lipinski definition) is 1. The molecule has 1 aromatic heterocycles. The molecule has 6 heteroatoms. The second-order valence-electron chi connectivity index (χ2n) is 4.51. The molecule has 17 heavy (non-hydrogen) atoms. The van der Waals surface area contributed by atoms with E-state index in [1.165, 1.54) is 4.90 Å². The van der Waals surface area contributed by atoms with Crippen molar-refractivity contribution in [1.29, 1.82) is 0 Å². The van der Waals surface area contributed by atoms with Gasteiger partial charge in [-0.2, -0.15) is 0 Å². The lowest BCUT2D eigenvalue weighted by Gasteiger charge is -2.44. The summed E-state index contributed by atoms with van der Waals surface area (Å²) in [4.78, 5) is 18.6. The molecule has 0 spiro atoms. The van der Waals surface area contributed by atoms with Crippen molar-refractivity contribution >= 4 is 23.4 Å². The highest BCUT2D eigenvalue weighted by Gasteiger charge is 2.47. The molecule has 3 rings (SSSR count). The Kier molecular flexibility index (Phi) is 2.36. The molecule has 3 heterocycles. The molecule has 0 unspecified atom stereocenters. The molecule has 0 aliphatic carbocycles. The maximum atomic E-state index is 10.9. The first-order valence-corrected chi connectivity index (χ1v) is 5.89. The molecule has 0 bridgehead atoms. The summed E-state index contributed by atoms with van der Waals surface area (Å²) in [6.07, 6.45) is 0.913. The van der Waals surface area contributed by atoms with E-state index in [-0.39, 0.29) is 0 Å².